The number of hydrogen-bond donors (Lipinski definition) is 1. The molecule has 1 aromatic heterocycles. The first-order valence-electron chi connectivity index (χ1n) is 4.10. The van der Waals surface area contributed by atoms with Gasteiger partial charge in [0.2, 0.25) is 11.8 Å². The predicted octanol–water partition coefficient (Wildman–Crippen LogP) is -1.80. The van der Waals surface area contributed by atoms with Crippen LogP contribution in [0.2, 0.25) is 0 Å². The van der Waals surface area contributed by atoms with Gasteiger partial charge in [-0.25, -0.2) is 0 Å². The lowest BCUT2D eigenvalue weighted by atomic mass is 10.2. The number of halogens is 2. The van der Waals surface area contributed by atoms with Gasteiger partial charge in [-0.15, -0.1) is 0 Å². The predicted molar refractivity (Wildman–Crippen MR) is 59.4 cm³/mol. The molecule has 15 heavy (non-hydrogen) atoms. The van der Waals surface area contributed by atoms with E-state index < -0.39 is 0 Å². The minimum atomic E-state index is 0. The third-order valence-electron chi connectivity index (χ3n) is 1.79. The molecule has 0 radical (unpaired) electrons. The van der Waals surface area contributed by atoms with Crippen molar-refractivity contribution in [3.05, 3.63) is 39.6 Å². The molecule has 0 atom stereocenters. The van der Waals surface area contributed by atoms with Crippen LogP contribution in [0.4, 0.5) is 5.88 Å². The van der Waals surface area contributed by atoms with Crippen molar-refractivity contribution < 1.29 is 21.6 Å². The average Bonchev–Trinajstić information content (AvgIpc) is 2.56. The second-order valence-corrected chi connectivity index (χ2v) is 4.17. The van der Waals surface area contributed by atoms with E-state index >= 15 is 0 Å². The summed E-state index contributed by atoms with van der Waals surface area (Å²) in [6.07, 6.45) is 1.66. The van der Waals surface area contributed by atoms with Crippen molar-refractivity contribution in [1.29, 1.82) is 0 Å². The van der Waals surface area contributed by atoms with Crippen molar-refractivity contribution in [1.82, 2.24) is 5.27 Å². The smallest absolute Gasteiger partial charge is 0.293 e. The molecule has 0 fully saturated rings. The Labute approximate surface area is 107 Å². The van der Waals surface area contributed by atoms with Crippen LogP contribution < -0.4 is 22.8 Å². The van der Waals surface area contributed by atoms with Crippen molar-refractivity contribution in [2.75, 3.05) is 5.73 Å². The molecule has 2 N–H and O–H groups in total. The van der Waals surface area contributed by atoms with Crippen molar-refractivity contribution in [3.63, 3.8) is 0 Å². The average molecular weight is 338 g/mol. The Balaban J connectivity index is 0.00000112. The molecule has 0 aliphatic heterocycles. The number of aromatic nitrogens is 2. The zero-order chi connectivity index (χ0) is 9.97. The minimum Gasteiger partial charge on any atom is -1.00 e. The molecule has 0 aliphatic rings. The molecule has 6 heteroatoms. The molecule has 0 saturated heterocycles. The lowest BCUT2D eigenvalue weighted by Crippen LogP contribution is -3.00. The van der Waals surface area contributed by atoms with Gasteiger partial charge in [0.05, 0.1) is 0 Å². The van der Waals surface area contributed by atoms with Gasteiger partial charge in [-0.05, 0) is 39.4 Å². The van der Waals surface area contributed by atoms with E-state index in [2.05, 4.69) is 52.1 Å². The van der Waals surface area contributed by atoms with Gasteiger partial charge >= 0.3 is 0 Å². The van der Waals surface area contributed by atoms with Gasteiger partial charge in [-0.3, -0.25) is 4.52 Å². The Morgan fingerprint density at radius 3 is 2.53 bits per heavy atom. The minimum absolute atomic E-state index is 0. The maximum absolute atomic E-state index is 5.41. The molecule has 2 aromatic rings. The lowest BCUT2D eigenvalue weighted by Gasteiger charge is -1.92. The monoisotopic (exact) mass is 337 g/mol. The van der Waals surface area contributed by atoms with E-state index in [1.54, 1.807) is 10.9 Å². The number of benzene rings is 1. The van der Waals surface area contributed by atoms with Gasteiger partial charge in [0.25, 0.3) is 12.1 Å². The van der Waals surface area contributed by atoms with Gasteiger partial charge in [0.1, 0.15) is 0 Å². The summed E-state index contributed by atoms with van der Waals surface area (Å²) in [6.45, 7) is 0.678. The Kier molecular flexibility index (Phi) is 4.34. The molecule has 0 amide bonds. The first-order chi connectivity index (χ1) is 6.74. The van der Waals surface area contributed by atoms with Gasteiger partial charge in [-0.2, -0.15) is 0 Å². The molecule has 4 nitrogen and oxygen atoms in total. The summed E-state index contributed by atoms with van der Waals surface area (Å²) >= 11 is 2.27. The van der Waals surface area contributed by atoms with Crippen molar-refractivity contribution >= 4 is 28.5 Å². The number of nitrogens with two attached hydrogens (primary N) is 1. The molecular formula is C9H9ClIN3O. The molecule has 0 saturated carbocycles. The molecular weight excluding hydrogens is 328 g/mol. The molecule has 80 valence electrons. The van der Waals surface area contributed by atoms with Crippen LogP contribution in [-0.4, -0.2) is 5.27 Å². The van der Waals surface area contributed by atoms with Crippen molar-refractivity contribution in [2.24, 2.45) is 0 Å². The highest BCUT2D eigenvalue weighted by Gasteiger charge is 2.08. The number of anilines is 1. The molecule has 0 aliphatic carbocycles. The van der Waals surface area contributed by atoms with Crippen molar-refractivity contribution in [3.8, 4) is 0 Å². The maximum Gasteiger partial charge on any atom is 0.293 e. The SMILES string of the molecule is Nc1c[n+](Cc2ccc(I)cc2)no1.[Cl-]. The van der Waals surface area contributed by atoms with Crippen LogP contribution in [0, 0.1) is 3.57 Å². The first-order valence-corrected chi connectivity index (χ1v) is 5.18. The van der Waals surface area contributed by atoms with E-state index in [1.807, 2.05) is 0 Å². The Morgan fingerprint density at radius 1 is 1.33 bits per heavy atom. The number of rotatable bonds is 2. The van der Waals surface area contributed by atoms with Crippen LogP contribution in [0.25, 0.3) is 0 Å². The molecule has 1 aromatic carbocycles. The summed E-state index contributed by atoms with van der Waals surface area (Å²) in [5.41, 5.74) is 6.58. The standard InChI is InChI=1S/C9H9IN3O.ClH/c10-8-3-1-7(2-4-8)5-13-6-9(11)14-12-13;/h1-4,6H,5,11H2;1H/q+1;/p-1. The second-order valence-electron chi connectivity index (χ2n) is 2.93. The Morgan fingerprint density at radius 2 is 2.00 bits per heavy atom. The Bertz CT molecular complexity index is 429. The normalized spacial score (nSPS) is 9.67. The fraction of sp³-hybridized carbons (Fsp3) is 0.111. The molecule has 0 bridgehead atoms. The highest BCUT2D eigenvalue weighted by atomic mass is 127. The van der Waals surface area contributed by atoms with E-state index in [0.29, 0.717) is 12.4 Å². The number of nitrogen functional groups attached to an aromatic ring is 1. The molecule has 1 heterocycles. The van der Waals surface area contributed by atoms with E-state index in [4.69, 9.17) is 10.3 Å². The van der Waals surface area contributed by atoms with Gasteiger partial charge in [0, 0.05) is 9.13 Å². The largest absolute Gasteiger partial charge is 1.00 e. The van der Waals surface area contributed by atoms with Crippen LogP contribution in [0.1, 0.15) is 5.56 Å². The summed E-state index contributed by atoms with van der Waals surface area (Å²) in [7, 11) is 0. The maximum atomic E-state index is 5.41. The van der Waals surface area contributed by atoms with Crippen molar-refractivity contribution in [2.45, 2.75) is 6.54 Å². The highest BCUT2D eigenvalue weighted by molar-refractivity contribution is 14.1. The number of nitrogens with zero attached hydrogens (tertiary/aromatic N) is 2. The second kappa shape index (κ2) is 5.32. The van der Waals surface area contributed by atoms with Crippen LogP contribution in [0.3, 0.4) is 0 Å². The van der Waals surface area contributed by atoms with Gasteiger partial charge in [0.15, 0.2) is 0 Å². The fourth-order valence-corrected chi connectivity index (χ4v) is 1.50. The van der Waals surface area contributed by atoms with E-state index in [9.17, 15) is 0 Å². The summed E-state index contributed by atoms with van der Waals surface area (Å²) in [5.74, 6) is 0.329. The van der Waals surface area contributed by atoms with Crippen LogP contribution >= 0.6 is 22.6 Å². The summed E-state index contributed by atoms with van der Waals surface area (Å²) in [5, 5.41) is 3.75. The summed E-state index contributed by atoms with van der Waals surface area (Å²) < 4.78 is 7.63. The Hall–Kier alpha value is -0.820. The topological polar surface area (TPSA) is 55.9 Å². The molecule has 0 unspecified atom stereocenters. The number of hydrogen-bond acceptors (Lipinski definition) is 3. The molecule has 0 spiro atoms. The summed E-state index contributed by atoms with van der Waals surface area (Å²) in [4.78, 5) is 0. The van der Waals surface area contributed by atoms with E-state index in [-0.39, 0.29) is 12.4 Å². The summed E-state index contributed by atoms with van der Waals surface area (Å²) in [6, 6.07) is 8.22. The fourth-order valence-electron chi connectivity index (χ4n) is 1.14. The van der Waals surface area contributed by atoms with E-state index in [0.717, 1.165) is 0 Å². The van der Waals surface area contributed by atoms with Gasteiger partial charge in [-0.1, -0.05) is 12.1 Å². The zero-order valence-electron chi connectivity index (χ0n) is 7.73. The molecule has 2 rings (SSSR count). The third-order valence-corrected chi connectivity index (χ3v) is 2.50. The first kappa shape index (κ1) is 12.3. The third kappa shape index (κ3) is 3.35. The van der Waals surface area contributed by atoms with Crippen LogP contribution in [-0.2, 0) is 6.54 Å². The van der Waals surface area contributed by atoms with Crippen LogP contribution in [0.5, 0.6) is 0 Å². The van der Waals surface area contributed by atoms with Gasteiger partial charge < -0.3 is 18.1 Å². The van der Waals surface area contributed by atoms with E-state index in [1.165, 1.54) is 9.13 Å². The highest BCUT2D eigenvalue weighted by Crippen LogP contribution is 2.06. The zero-order valence-corrected chi connectivity index (χ0v) is 10.6. The quantitative estimate of drug-likeness (QED) is 0.520. The van der Waals surface area contributed by atoms with Crippen LogP contribution in [0.15, 0.2) is 35.0 Å². The lowest BCUT2D eigenvalue weighted by molar-refractivity contribution is -0.754.